The molecule has 0 aliphatic carbocycles. The number of fused-ring (bicyclic) bond motifs is 1. The third kappa shape index (κ3) is 2.59. The Bertz CT molecular complexity index is 733. The Morgan fingerprint density at radius 2 is 2.10 bits per heavy atom. The van der Waals surface area contributed by atoms with Crippen LogP contribution in [0.4, 0.5) is 5.69 Å². The lowest BCUT2D eigenvalue weighted by atomic mass is 10.2. The van der Waals surface area contributed by atoms with E-state index in [4.69, 9.17) is 4.74 Å². The molecule has 0 aliphatic rings. The summed E-state index contributed by atoms with van der Waals surface area (Å²) in [5.74, 6) is 1.77. The second kappa shape index (κ2) is 5.25. The number of rotatable bonds is 4. The van der Waals surface area contributed by atoms with E-state index in [2.05, 4.69) is 34.3 Å². The number of benzene rings is 2. The molecule has 0 unspecified atom stereocenters. The van der Waals surface area contributed by atoms with Crippen LogP contribution in [0.2, 0.25) is 0 Å². The van der Waals surface area contributed by atoms with Crippen LogP contribution in [0, 0.1) is 6.92 Å². The maximum Gasteiger partial charge on any atom is 0.126 e. The second-order valence-electron chi connectivity index (χ2n) is 4.79. The number of hydrogen-bond acceptors (Lipinski definition) is 3. The number of aromatic nitrogens is 2. The molecule has 0 spiro atoms. The molecule has 2 N–H and O–H groups in total. The molecule has 0 radical (unpaired) electrons. The molecule has 0 fully saturated rings. The van der Waals surface area contributed by atoms with Gasteiger partial charge in [-0.05, 0) is 36.8 Å². The first-order valence-corrected chi connectivity index (χ1v) is 6.58. The number of nitrogens with zero attached hydrogens (tertiary/aromatic N) is 1. The molecule has 4 heteroatoms. The predicted molar refractivity (Wildman–Crippen MR) is 81.2 cm³/mol. The van der Waals surface area contributed by atoms with E-state index in [-0.39, 0.29) is 0 Å². The molecular weight excluding hydrogens is 250 g/mol. The Kier molecular flexibility index (Phi) is 3.29. The van der Waals surface area contributed by atoms with E-state index in [9.17, 15) is 0 Å². The zero-order valence-corrected chi connectivity index (χ0v) is 11.6. The van der Waals surface area contributed by atoms with Gasteiger partial charge in [-0.1, -0.05) is 12.1 Å². The minimum absolute atomic E-state index is 0.654. The molecule has 1 aromatic heterocycles. The highest BCUT2D eigenvalue weighted by Crippen LogP contribution is 2.18. The van der Waals surface area contributed by atoms with Crippen molar-refractivity contribution >= 4 is 16.7 Å². The summed E-state index contributed by atoms with van der Waals surface area (Å²) in [6, 6.07) is 14.1. The van der Waals surface area contributed by atoms with Crippen molar-refractivity contribution in [2.75, 3.05) is 12.4 Å². The molecule has 102 valence electrons. The number of methoxy groups -OCH3 is 1. The fourth-order valence-electron chi connectivity index (χ4n) is 2.18. The molecule has 0 saturated carbocycles. The first kappa shape index (κ1) is 12.5. The van der Waals surface area contributed by atoms with Gasteiger partial charge in [-0.15, -0.1) is 0 Å². The van der Waals surface area contributed by atoms with Crippen molar-refractivity contribution in [3.05, 3.63) is 53.9 Å². The van der Waals surface area contributed by atoms with E-state index in [1.807, 2.05) is 30.3 Å². The molecule has 0 bridgehead atoms. The van der Waals surface area contributed by atoms with Gasteiger partial charge in [0.1, 0.15) is 11.6 Å². The summed E-state index contributed by atoms with van der Waals surface area (Å²) in [5, 5.41) is 3.34. The lowest BCUT2D eigenvalue weighted by Crippen LogP contribution is -2.01. The van der Waals surface area contributed by atoms with Gasteiger partial charge in [0, 0.05) is 11.8 Å². The number of aryl methyl sites for hydroxylation is 1. The fourth-order valence-corrected chi connectivity index (χ4v) is 2.18. The molecule has 20 heavy (non-hydrogen) atoms. The maximum absolute atomic E-state index is 5.20. The molecule has 0 saturated heterocycles. The van der Waals surface area contributed by atoms with E-state index in [0.717, 1.165) is 28.3 Å². The predicted octanol–water partition coefficient (Wildman–Crippen LogP) is 3.49. The Morgan fingerprint density at radius 3 is 2.95 bits per heavy atom. The smallest absolute Gasteiger partial charge is 0.126 e. The molecule has 3 aromatic rings. The van der Waals surface area contributed by atoms with Crippen LogP contribution in [-0.2, 0) is 6.54 Å². The third-order valence-electron chi connectivity index (χ3n) is 3.22. The second-order valence-corrected chi connectivity index (χ2v) is 4.79. The summed E-state index contributed by atoms with van der Waals surface area (Å²) >= 11 is 0. The number of anilines is 1. The average Bonchev–Trinajstić information content (AvgIpc) is 2.87. The first-order valence-electron chi connectivity index (χ1n) is 6.58. The van der Waals surface area contributed by atoms with Gasteiger partial charge in [-0.2, -0.15) is 0 Å². The van der Waals surface area contributed by atoms with Crippen molar-refractivity contribution < 1.29 is 4.74 Å². The van der Waals surface area contributed by atoms with Crippen molar-refractivity contribution in [1.82, 2.24) is 9.97 Å². The van der Waals surface area contributed by atoms with Crippen LogP contribution in [0.5, 0.6) is 5.75 Å². The van der Waals surface area contributed by atoms with Crippen molar-refractivity contribution in [3.8, 4) is 5.75 Å². The van der Waals surface area contributed by atoms with Crippen LogP contribution in [0.1, 0.15) is 11.4 Å². The van der Waals surface area contributed by atoms with Crippen LogP contribution in [-0.4, -0.2) is 17.1 Å². The van der Waals surface area contributed by atoms with Crippen molar-refractivity contribution in [2.24, 2.45) is 0 Å². The largest absolute Gasteiger partial charge is 0.497 e. The zero-order chi connectivity index (χ0) is 13.9. The Hall–Kier alpha value is -2.49. The van der Waals surface area contributed by atoms with Gasteiger partial charge < -0.3 is 15.0 Å². The van der Waals surface area contributed by atoms with Crippen LogP contribution in [0.15, 0.2) is 42.5 Å². The van der Waals surface area contributed by atoms with Crippen molar-refractivity contribution in [2.45, 2.75) is 13.5 Å². The van der Waals surface area contributed by atoms with E-state index in [1.165, 1.54) is 5.56 Å². The lowest BCUT2D eigenvalue weighted by molar-refractivity contribution is 0.415. The minimum atomic E-state index is 0.654. The molecular formula is C16H17N3O. The molecule has 0 atom stereocenters. The van der Waals surface area contributed by atoms with Crippen LogP contribution in [0.25, 0.3) is 11.0 Å². The molecule has 1 heterocycles. The van der Waals surface area contributed by atoms with Gasteiger partial charge in [0.05, 0.1) is 24.7 Å². The molecule has 0 aliphatic heterocycles. The minimum Gasteiger partial charge on any atom is -0.497 e. The van der Waals surface area contributed by atoms with Crippen LogP contribution >= 0.6 is 0 Å². The molecule has 4 nitrogen and oxygen atoms in total. The number of ether oxygens (including phenoxy) is 1. The Balaban J connectivity index is 1.76. The summed E-state index contributed by atoms with van der Waals surface area (Å²) in [5.41, 5.74) is 4.32. The normalized spacial score (nSPS) is 10.7. The van der Waals surface area contributed by atoms with E-state index < -0.39 is 0 Å². The summed E-state index contributed by atoms with van der Waals surface area (Å²) in [6.45, 7) is 2.73. The number of nitrogens with one attached hydrogen (secondary N) is 2. The van der Waals surface area contributed by atoms with Gasteiger partial charge in [0.25, 0.3) is 0 Å². The fraction of sp³-hybridized carbons (Fsp3) is 0.188. The van der Waals surface area contributed by atoms with Crippen LogP contribution in [0.3, 0.4) is 0 Å². The topological polar surface area (TPSA) is 49.9 Å². The van der Waals surface area contributed by atoms with Crippen molar-refractivity contribution in [1.29, 1.82) is 0 Å². The van der Waals surface area contributed by atoms with Gasteiger partial charge in [0.15, 0.2) is 0 Å². The van der Waals surface area contributed by atoms with Crippen molar-refractivity contribution in [3.63, 3.8) is 0 Å². The average molecular weight is 267 g/mol. The highest BCUT2D eigenvalue weighted by molar-refractivity contribution is 5.75. The summed E-state index contributed by atoms with van der Waals surface area (Å²) in [6.07, 6.45) is 0. The van der Waals surface area contributed by atoms with E-state index in [0.29, 0.717) is 6.54 Å². The maximum atomic E-state index is 5.20. The highest BCUT2D eigenvalue weighted by Gasteiger charge is 2.03. The Labute approximate surface area is 117 Å². The molecule has 3 rings (SSSR count). The number of hydrogen-bond donors (Lipinski definition) is 2. The SMILES string of the molecule is COc1cccc(NCc2nc3ccc(C)cc3[nH]2)c1. The third-order valence-corrected chi connectivity index (χ3v) is 3.22. The van der Waals surface area contributed by atoms with Gasteiger partial charge in [0.2, 0.25) is 0 Å². The van der Waals surface area contributed by atoms with Crippen LogP contribution < -0.4 is 10.1 Å². The number of imidazole rings is 1. The Morgan fingerprint density at radius 1 is 1.20 bits per heavy atom. The lowest BCUT2D eigenvalue weighted by Gasteiger charge is -2.06. The molecule has 0 amide bonds. The summed E-state index contributed by atoms with van der Waals surface area (Å²) in [4.78, 5) is 7.89. The van der Waals surface area contributed by atoms with Gasteiger partial charge in [-0.25, -0.2) is 4.98 Å². The zero-order valence-electron chi connectivity index (χ0n) is 11.6. The van der Waals surface area contributed by atoms with Gasteiger partial charge >= 0.3 is 0 Å². The standard InChI is InChI=1S/C16H17N3O/c1-11-6-7-14-15(8-11)19-16(18-14)10-17-12-4-3-5-13(9-12)20-2/h3-9,17H,10H2,1-2H3,(H,18,19). The summed E-state index contributed by atoms with van der Waals surface area (Å²) in [7, 11) is 1.67. The summed E-state index contributed by atoms with van der Waals surface area (Å²) < 4.78 is 5.20. The first-order chi connectivity index (χ1) is 9.74. The van der Waals surface area contributed by atoms with E-state index >= 15 is 0 Å². The number of aromatic amines is 1. The monoisotopic (exact) mass is 267 g/mol. The van der Waals surface area contributed by atoms with E-state index in [1.54, 1.807) is 7.11 Å². The molecule has 2 aromatic carbocycles. The highest BCUT2D eigenvalue weighted by atomic mass is 16.5. The number of H-pyrrole nitrogens is 1. The van der Waals surface area contributed by atoms with Gasteiger partial charge in [-0.3, -0.25) is 0 Å². The quantitative estimate of drug-likeness (QED) is 0.760.